The quantitative estimate of drug-likeness (QED) is 0.649. The van der Waals surface area contributed by atoms with Crippen LogP contribution >= 0.6 is 11.6 Å². The molecule has 0 aliphatic rings. The fraction of sp³-hybridized carbons (Fsp3) is 0.421. The molecule has 0 saturated carbocycles. The molecule has 0 unspecified atom stereocenters. The van der Waals surface area contributed by atoms with Crippen LogP contribution in [0.2, 0.25) is 5.02 Å². The molecule has 0 amide bonds. The van der Waals surface area contributed by atoms with Gasteiger partial charge in [-0.15, -0.1) is 0 Å². The molecule has 3 aromatic rings. The van der Waals surface area contributed by atoms with Gasteiger partial charge in [0.2, 0.25) is 0 Å². The van der Waals surface area contributed by atoms with Crippen LogP contribution in [0.25, 0.3) is 11.2 Å². The first kappa shape index (κ1) is 19.2. The highest BCUT2D eigenvalue weighted by Gasteiger charge is 2.17. The van der Waals surface area contributed by atoms with E-state index >= 15 is 0 Å². The van der Waals surface area contributed by atoms with Gasteiger partial charge in [-0.2, -0.15) is 0 Å². The molecule has 2 N–H and O–H groups in total. The van der Waals surface area contributed by atoms with E-state index in [-0.39, 0.29) is 0 Å². The minimum Gasteiger partial charge on any atom is -0.377 e. The summed E-state index contributed by atoms with van der Waals surface area (Å²) in [5, 5.41) is 3.91. The number of H-pyrrole nitrogens is 1. The van der Waals surface area contributed by atoms with Crippen molar-refractivity contribution < 1.29 is 0 Å². The maximum Gasteiger partial charge on any atom is 0.330 e. The molecule has 0 bridgehead atoms. The van der Waals surface area contributed by atoms with Crippen molar-refractivity contribution in [3.05, 3.63) is 55.4 Å². The molecule has 0 saturated heterocycles. The van der Waals surface area contributed by atoms with Crippen LogP contribution in [-0.4, -0.2) is 19.1 Å². The van der Waals surface area contributed by atoms with E-state index in [1.54, 1.807) is 4.57 Å². The molecule has 0 aliphatic carbocycles. The molecule has 2 aromatic heterocycles. The number of halogens is 1. The Labute approximate surface area is 162 Å². The van der Waals surface area contributed by atoms with Gasteiger partial charge in [0.25, 0.3) is 5.56 Å². The van der Waals surface area contributed by atoms with Gasteiger partial charge in [0.15, 0.2) is 11.2 Å². The molecule has 0 fully saturated rings. The van der Waals surface area contributed by atoms with Gasteiger partial charge in [0, 0.05) is 13.1 Å². The maximum atomic E-state index is 12.4. The zero-order valence-electron chi connectivity index (χ0n) is 15.8. The molecule has 144 valence electrons. The summed E-state index contributed by atoms with van der Waals surface area (Å²) in [6, 6.07) is 5.78. The Kier molecular flexibility index (Phi) is 5.70. The van der Waals surface area contributed by atoms with Gasteiger partial charge >= 0.3 is 5.69 Å². The third kappa shape index (κ3) is 3.78. The number of nitrogens with zero attached hydrogens (tertiary/aromatic N) is 3. The number of rotatable bonds is 7. The molecule has 0 spiro atoms. The van der Waals surface area contributed by atoms with Crippen molar-refractivity contribution in [2.45, 2.75) is 53.2 Å². The van der Waals surface area contributed by atoms with Crippen LogP contribution < -0.4 is 16.6 Å². The summed E-state index contributed by atoms with van der Waals surface area (Å²) >= 11 is 6.29. The van der Waals surface area contributed by atoms with Crippen molar-refractivity contribution in [2.75, 3.05) is 5.32 Å². The fourth-order valence-electron chi connectivity index (χ4n) is 3.15. The van der Waals surface area contributed by atoms with Crippen molar-refractivity contribution in [3.63, 3.8) is 0 Å². The normalized spacial score (nSPS) is 11.3. The van der Waals surface area contributed by atoms with E-state index < -0.39 is 11.2 Å². The number of anilines is 1. The average molecular weight is 390 g/mol. The molecule has 0 aliphatic heterocycles. The minimum atomic E-state index is -0.414. The van der Waals surface area contributed by atoms with Gasteiger partial charge in [-0.25, -0.2) is 9.78 Å². The standard InChI is InChI=1S/C19H24ClN5O2/c1-4-6-9-25-17-16(18(26)23-19(25)27)24(5-2)15(22-17)11-21-14-8-7-12(3)10-13(14)20/h7-8,10,21H,4-6,9,11H2,1-3H3,(H,23,26,27). The van der Waals surface area contributed by atoms with E-state index in [0.717, 1.165) is 24.1 Å². The Morgan fingerprint density at radius 2 is 2.00 bits per heavy atom. The van der Waals surface area contributed by atoms with E-state index in [1.165, 1.54) is 0 Å². The van der Waals surface area contributed by atoms with Crippen LogP contribution in [0, 0.1) is 6.92 Å². The molecule has 2 heterocycles. The lowest BCUT2D eigenvalue weighted by molar-refractivity contribution is 0.613. The van der Waals surface area contributed by atoms with Crippen molar-refractivity contribution in [1.29, 1.82) is 0 Å². The van der Waals surface area contributed by atoms with Crippen LogP contribution in [0.15, 0.2) is 27.8 Å². The predicted octanol–water partition coefficient (Wildman–Crippen LogP) is 3.28. The third-order valence-corrected chi connectivity index (χ3v) is 4.89. The smallest absolute Gasteiger partial charge is 0.330 e. The number of fused-ring (bicyclic) bond motifs is 1. The lowest BCUT2D eigenvalue weighted by Crippen LogP contribution is -2.31. The molecule has 3 rings (SSSR count). The van der Waals surface area contributed by atoms with Gasteiger partial charge in [0.1, 0.15) is 5.82 Å². The molecule has 1 aromatic carbocycles. The number of aromatic nitrogens is 4. The number of benzene rings is 1. The summed E-state index contributed by atoms with van der Waals surface area (Å²) in [6.07, 6.45) is 1.79. The number of hydrogen-bond acceptors (Lipinski definition) is 4. The molecular weight excluding hydrogens is 366 g/mol. The number of nitrogens with one attached hydrogen (secondary N) is 2. The Morgan fingerprint density at radius 1 is 1.22 bits per heavy atom. The number of imidazole rings is 1. The lowest BCUT2D eigenvalue weighted by atomic mass is 10.2. The highest BCUT2D eigenvalue weighted by atomic mass is 35.5. The number of aryl methyl sites for hydroxylation is 3. The Hall–Kier alpha value is -2.54. The molecule has 27 heavy (non-hydrogen) atoms. The summed E-state index contributed by atoms with van der Waals surface area (Å²) in [7, 11) is 0. The van der Waals surface area contributed by atoms with Crippen LogP contribution in [0.1, 0.15) is 38.1 Å². The first-order valence-electron chi connectivity index (χ1n) is 9.18. The Morgan fingerprint density at radius 3 is 2.67 bits per heavy atom. The zero-order chi connectivity index (χ0) is 19.6. The molecule has 0 radical (unpaired) electrons. The molecular formula is C19H24ClN5O2. The van der Waals surface area contributed by atoms with E-state index in [0.29, 0.717) is 41.6 Å². The first-order valence-corrected chi connectivity index (χ1v) is 9.56. The van der Waals surface area contributed by atoms with Crippen molar-refractivity contribution >= 4 is 28.5 Å². The predicted molar refractivity (Wildman–Crippen MR) is 109 cm³/mol. The fourth-order valence-corrected chi connectivity index (χ4v) is 3.46. The van der Waals surface area contributed by atoms with Gasteiger partial charge in [-0.3, -0.25) is 14.3 Å². The summed E-state index contributed by atoms with van der Waals surface area (Å²) < 4.78 is 3.39. The highest BCUT2D eigenvalue weighted by Crippen LogP contribution is 2.23. The van der Waals surface area contributed by atoms with Crippen LogP contribution in [0.4, 0.5) is 5.69 Å². The zero-order valence-corrected chi connectivity index (χ0v) is 16.6. The summed E-state index contributed by atoms with van der Waals surface area (Å²) in [5.74, 6) is 0.686. The average Bonchev–Trinajstić information content (AvgIpc) is 2.99. The van der Waals surface area contributed by atoms with Crippen LogP contribution in [-0.2, 0) is 19.6 Å². The van der Waals surface area contributed by atoms with E-state index in [2.05, 4.69) is 22.2 Å². The van der Waals surface area contributed by atoms with Crippen LogP contribution in [0.3, 0.4) is 0 Å². The lowest BCUT2D eigenvalue weighted by Gasteiger charge is -2.10. The largest absolute Gasteiger partial charge is 0.377 e. The maximum absolute atomic E-state index is 12.4. The first-order chi connectivity index (χ1) is 13.0. The summed E-state index contributed by atoms with van der Waals surface area (Å²) in [5.41, 5.74) is 1.93. The summed E-state index contributed by atoms with van der Waals surface area (Å²) in [6.45, 7) is 7.48. The highest BCUT2D eigenvalue weighted by molar-refractivity contribution is 6.33. The topological polar surface area (TPSA) is 84.7 Å². The Bertz CT molecular complexity index is 1080. The Balaban J connectivity index is 2.03. The second-order valence-corrected chi connectivity index (χ2v) is 6.95. The van der Waals surface area contributed by atoms with E-state index in [1.807, 2.05) is 36.6 Å². The monoisotopic (exact) mass is 389 g/mol. The van der Waals surface area contributed by atoms with Crippen molar-refractivity contribution in [3.8, 4) is 0 Å². The van der Waals surface area contributed by atoms with Crippen LogP contribution in [0.5, 0.6) is 0 Å². The molecule has 8 heteroatoms. The van der Waals surface area contributed by atoms with Gasteiger partial charge in [-0.1, -0.05) is 31.0 Å². The minimum absolute atomic E-state index is 0.396. The van der Waals surface area contributed by atoms with E-state index in [9.17, 15) is 9.59 Å². The summed E-state index contributed by atoms with van der Waals surface area (Å²) in [4.78, 5) is 31.7. The van der Waals surface area contributed by atoms with Crippen molar-refractivity contribution in [2.24, 2.45) is 0 Å². The number of unbranched alkanes of at least 4 members (excludes halogenated alkanes) is 1. The molecule has 0 atom stereocenters. The van der Waals surface area contributed by atoms with Gasteiger partial charge in [0.05, 0.1) is 17.3 Å². The molecule has 7 nitrogen and oxygen atoms in total. The van der Waals surface area contributed by atoms with E-state index in [4.69, 9.17) is 11.6 Å². The number of aromatic amines is 1. The second kappa shape index (κ2) is 8.00. The van der Waals surface area contributed by atoms with Gasteiger partial charge < -0.3 is 9.88 Å². The number of hydrogen-bond donors (Lipinski definition) is 2. The second-order valence-electron chi connectivity index (χ2n) is 6.55. The van der Waals surface area contributed by atoms with Crippen molar-refractivity contribution in [1.82, 2.24) is 19.1 Å². The SMILES string of the molecule is CCCCn1c(=O)[nH]c(=O)c2c1nc(CNc1ccc(C)cc1Cl)n2CC. The third-order valence-electron chi connectivity index (χ3n) is 4.58. The van der Waals surface area contributed by atoms with Gasteiger partial charge in [-0.05, 0) is 38.0 Å².